The normalized spacial score (nSPS) is 11.8. The van der Waals surface area contributed by atoms with Crippen molar-refractivity contribution in [3.05, 3.63) is 75.9 Å². The van der Waals surface area contributed by atoms with Gasteiger partial charge in [0.1, 0.15) is 12.1 Å². The van der Waals surface area contributed by atoms with Crippen LogP contribution in [0.2, 0.25) is 0 Å². The SMILES string of the molecule is C[C@H](NC(=O)c1cc([N+](=O)[O-])ccc1Sc1ncn[nH]1)c1ccc(F)cc1. The van der Waals surface area contributed by atoms with Crippen molar-refractivity contribution >= 4 is 23.4 Å². The zero-order valence-electron chi connectivity index (χ0n) is 14.0. The van der Waals surface area contributed by atoms with Crippen LogP contribution in [0.5, 0.6) is 0 Å². The highest BCUT2D eigenvalue weighted by Gasteiger charge is 2.20. The van der Waals surface area contributed by atoms with E-state index in [1.807, 2.05) is 0 Å². The van der Waals surface area contributed by atoms with E-state index in [2.05, 4.69) is 20.5 Å². The molecule has 1 aromatic heterocycles. The minimum Gasteiger partial charge on any atom is -0.345 e. The minimum atomic E-state index is -0.566. The number of aromatic nitrogens is 3. The van der Waals surface area contributed by atoms with Crippen molar-refractivity contribution in [3.63, 3.8) is 0 Å². The van der Waals surface area contributed by atoms with E-state index in [-0.39, 0.29) is 17.1 Å². The zero-order valence-corrected chi connectivity index (χ0v) is 14.9. The maximum Gasteiger partial charge on any atom is 0.270 e. The molecule has 0 spiro atoms. The van der Waals surface area contributed by atoms with E-state index >= 15 is 0 Å². The smallest absolute Gasteiger partial charge is 0.270 e. The lowest BCUT2D eigenvalue weighted by atomic mass is 10.1. The van der Waals surface area contributed by atoms with Crippen molar-refractivity contribution in [2.75, 3.05) is 0 Å². The van der Waals surface area contributed by atoms with Gasteiger partial charge in [-0.15, -0.1) is 0 Å². The van der Waals surface area contributed by atoms with E-state index in [1.165, 1.54) is 36.7 Å². The fourth-order valence-corrected chi connectivity index (χ4v) is 3.16. The molecule has 0 aliphatic heterocycles. The van der Waals surface area contributed by atoms with Crippen LogP contribution in [0.15, 0.2) is 58.8 Å². The summed E-state index contributed by atoms with van der Waals surface area (Å²) in [6.07, 6.45) is 1.32. The molecule has 1 heterocycles. The summed E-state index contributed by atoms with van der Waals surface area (Å²) in [4.78, 5) is 27.7. The highest BCUT2D eigenvalue weighted by molar-refractivity contribution is 7.99. The summed E-state index contributed by atoms with van der Waals surface area (Å²) in [6.45, 7) is 1.74. The fraction of sp³-hybridized carbons (Fsp3) is 0.118. The van der Waals surface area contributed by atoms with E-state index in [4.69, 9.17) is 0 Å². The first-order chi connectivity index (χ1) is 12.9. The predicted octanol–water partition coefficient (Wildman–Crippen LogP) is 3.49. The number of carbonyl (C=O) groups is 1. The Hall–Kier alpha value is -3.27. The third-order valence-electron chi connectivity index (χ3n) is 3.74. The van der Waals surface area contributed by atoms with Gasteiger partial charge in [-0.05, 0) is 42.4 Å². The molecule has 0 aliphatic carbocycles. The molecule has 8 nitrogen and oxygen atoms in total. The molecule has 1 amide bonds. The molecule has 138 valence electrons. The molecule has 0 bridgehead atoms. The highest BCUT2D eigenvalue weighted by Crippen LogP contribution is 2.30. The summed E-state index contributed by atoms with van der Waals surface area (Å²) in [5.74, 6) is -0.862. The number of amides is 1. The van der Waals surface area contributed by atoms with Crippen molar-refractivity contribution in [3.8, 4) is 0 Å². The van der Waals surface area contributed by atoms with Crippen LogP contribution in [0.3, 0.4) is 0 Å². The molecule has 3 rings (SSSR count). The average Bonchev–Trinajstić information content (AvgIpc) is 3.15. The Kier molecular flexibility index (Phi) is 5.46. The van der Waals surface area contributed by atoms with Gasteiger partial charge in [0, 0.05) is 17.0 Å². The van der Waals surface area contributed by atoms with Crippen molar-refractivity contribution in [2.24, 2.45) is 0 Å². The predicted molar refractivity (Wildman–Crippen MR) is 95.9 cm³/mol. The third kappa shape index (κ3) is 4.47. The van der Waals surface area contributed by atoms with Gasteiger partial charge in [-0.1, -0.05) is 12.1 Å². The van der Waals surface area contributed by atoms with Crippen LogP contribution < -0.4 is 5.32 Å². The number of hydrogen-bond donors (Lipinski definition) is 2. The van der Waals surface area contributed by atoms with Crippen LogP contribution in [-0.2, 0) is 0 Å². The standard InChI is InChI=1S/C17H14FN5O3S/c1-10(11-2-4-12(18)5-3-11)21-16(24)14-8-13(23(25)26)6-7-15(14)27-17-19-9-20-22-17/h2-10H,1H3,(H,21,24)(H,19,20,22)/t10-/m0/s1. The lowest BCUT2D eigenvalue weighted by Gasteiger charge is -2.15. The van der Waals surface area contributed by atoms with Gasteiger partial charge in [-0.3, -0.25) is 20.0 Å². The van der Waals surface area contributed by atoms with Gasteiger partial charge < -0.3 is 5.32 Å². The third-order valence-corrected chi connectivity index (χ3v) is 4.70. The average molecular weight is 387 g/mol. The van der Waals surface area contributed by atoms with Gasteiger partial charge in [0.25, 0.3) is 11.6 Å². The molecule has 0 unspecified atom stereocenters. The van der Waals surface area contributed by atoms with Gasteiger partial charge in [0.05, 0.1) is 16.5 Å². The van der Waals surface area contributed by atoms with Crippen LogP contribution in [-0.4, -0.2) is 26.0 Å². The van der Waals surface area contributed by atoms with Crippen LogP contribution >= 0.6 is 11.8 Å². The molecule has 1 atom stereocenters. The fourth-order valence-electron chi connectivity index (χ4n) is 2.35. The Balaban J connectivity index is 1.87. The maximum atomic E-state index is 13.1. The number of benzene rings is 2. The highest BCUT2D eigenvalue weighted by atomic mass is 32.2. The summed E-state index contributed by atoms with van der Waals surface area (Å²) >= 11 is 1.13. The Labute approximate surface area is 157 Å². The summed E-state index contributed by atoms with van der Waals surface area (Å²) in [7, 11) is 0. The Morgan fingerprint density at radius 2 is 2.04 bits per heavy atom. The van der Waals surface area contributed by atoms with E-state index in [9.17, 15) is 19.3 Å². The lowest BCUT2D eigenvalue weighted by Crippen LogP contribution is -2.27. The number of aromatic amines is 1. The van der Waals surface area contributed by atoms with E-state index in [0.29, 0.717) is 15.6 Å². The van der Waals surface area contributed by atoms with Gasteiger partial charge in [-0.25, -0.2) is 9.37 Å². The number of halogens is 1. The number of nitro groups is 1. The maximum absolute atomic E-state index is 13.1. The first kappa shape index (κ1) is 18.5. The number of nitrogens with zero attached hydrogens (tertiary/aromatic N) is 3. The van der Waals surface area contributed by atoms with Gasteiger partial charge in [-0.2, -0.15) is 5.10 Å². The van der Waals surface area contributed by atoms with Crippen molar-refractivity contribution in [1.82, 2.24) is 20.5 Å². The first-order valence-corrected chi connectivity index (χ1v) is 8.63. The van der Waals surface area contributed by atoms with Crippen LogP contribution in [0.1, 0.15) is 28.9 Å². The number of rotatable bonds is 6. The van der Waals surface area contributed by atoms with Crippen LogP contribution in [0.25, 0.3) is 0 Å². The van der Waals surface area contributed by atoms with E-state index in [0.717, 1.165) is 11.8 Å². The van der Waals surface area contributed by atoms with Gasteiger partial charge in [0.15, 0.2) is 5.16 Å². The van der Waals surface area contributed by atoms with Crippen LogP contribution in [0, 0.1) is 15.9 Å². The molecule has 0 saturated carbocycles. The van der Waals surface area contributed by atoms with Crippen LogP contribution in [0.4, 0.5) is 10.1 Å². The van der Waals surface area contributed by atoms with E-state index < -0.39 is 16.9 Å². The van der Waals surface area contributed by atoms with Crippen molar-refractivity contribution in [2.45, 2.75) is 23.0 Å². The second-order valence-corrected chi connectivity index (χ2v) is 6.61. The molecule has 0 saturated heterocycles. The van der Waals surface area contributed by atoms with E-state index in [1.54, 1.807) is 19.1 Å². The molecule has 10 heteroatoms. The zero-order chi connectivity index (χ0) is 19.4. The van der Waals surface area contributed by atoms with Gasteiger partial charge >= 0.3 is 0 Å². The molecular weight excluding hydrogens is 373 g/mol. The molecule has 2 N–H and O–H groups in total. The second-order valence-electron chi connectivity index (χ2n) is 5.58. The second kappa shape index (κ2) is 7.96. The Morgan fingerprint density at radius 3 is 2.67 bits per heavy atom. The summed E-state index contributed by atoms with van der Waals surface area (Å²) in [6, 6.07) is 9.34. The summed E-state index contributed by atoms with van der Waals surface area (Å²) in [5, 5.41) is 20.7. The molecule has 0 aliphatic rings. The largest absolute Gasteiger partial charge is 0.345 e. The molecule has 2 aromatic carbocycles. The van der Waals surface area contributed by atoms with Crippen molar-refractivity contribution in [1.29, 1.82) is 0 Å². The number of carbonyl (C=O) groups excluding carboxylic acids is 1. The first-order valence-electron chi connectivity index (χ1n) is 7.82. The molecule has 0 radical (unpaired) electrons. The number of H-pyrrole nitrogens is 1. The molecule has 3 aromatic rings. The molecule has 27 heavy (non-hydrogen) atoms. The Morgan fingerprint density at radius 1 is 1.30 bits per heavy atom. The number of non-ortho nitro benzene ring substituents is 1. The quantitative estimate of drug-likeness (QED) is 0.494. The monoisotopic (exact) mass is 387 g/mol. The summed E-state index contributed by atoms with van der Waals surface area (Å²) in [5.41, 5.74) is 0.649. The minimum absolute atomic E-state index is 0.138. The topological polar surface area (TPSA) is 114 Å². The Bertz CT molecular complexity index is 963. The summed E-state index contributed by atoms with van der Waals surface area (Å²) < 4.78 is 13.1. The number of nitro benzene ring substituents is 1. The number of hydrogen-bond acceptors (Lipinski definition) is 6. The number of nitrogens with one attached hydrogen (secondary N) is 2. The molecule has 0 fully saturated rings. The van der Waals surface area contributed by atoms with Crippen molar-refractivity contribution < 1.29 is 14.1 Å². The van der Waals surface area contributed by atoms with Gasteiger partial charge in [0.2, 0.25) is 0 Å². The lowest BCUT2D eigenvalue weighted by molar-refractivity contribution is -0.384. The molecular formula is C17H14FN5O3S.